The molecule has 0 aliphatic heterocycles. The van der Waals surface area contributed by atoms with Gasteiger partial charge >= 0.3 is 0 Å². The molecule has 2 atom stereocenters. The van der Waals surface area contributed by atoms with E-state index < -0.39 is 0 Å². The van der Waals surface area contributed by atoms with Gasteiger partial charge in [0, 0.05) is 30.8 Å². The summed E-state index contributed by atoms with van der Waals surface area (Å²) in [6.07, 6.45) is 3.28. The van der Waals surface area contributed by atoms with Crippen LogP contribution in [0.1, 0.15) is 43.0 Å². The van der Waals surface area contributed by atoms with Crippen LogP contribution in [0.2, 0.25) is 0 Å². The molecule has 2 unspecified atom stereocenters. The third-order valence-corrected chi connectivity index (χ3v) is 4.46. The standard InChI is InChI=1S/C18H26N2O3/c1-13(21)14-6-8-16(9-7-14)19-18(23)10-11-20(2)12-15-4-3-5-17(15)22/h6-9,15,17,22H,3-5,10-12H2,1-2H3,(H,19,23). The second-order valence-corrected chi connectivity index (χ2v) is 6.45. The Bertz CT molecular complexity index is 542. The van der Waals surface area contributed by atoms with E-state index in [0.29, 0.717) is 30.1 Å². The summed E-state index contributed by atoms with van der Waals surface area (Å²) >= 11 is 0. The Morgan fingerprint density at radius 2 is 1.96 bits per heavy atom. The van der Waals surface area contributed by atoms with Gasteiger partial charge in [-0.25, -0.2) is 0 Å². The maximum atomic E-state index is 12.0. The number of nitrogens with zero attached hydrogens (tertiary/aromatic N) is 1. The third-order valence-electron chi connectivity index (χ3n) is 4.46. The number of aliphatic hydroxyl groups excluding tert-OH is 1. The summed E-state index contributed by atoms with van der Waals surface area (Å²) in [5.74, 6) is 0.306. The molecule has 0 spiro atoms. The fourth-order valence-corrected chi connectivity index (χ4v) is 3.03. The van der Waals surface area contributed by atoms with Gasteiger partial charge in [-0.2, -0.15) is 0 Å². The lowest BCUT2D eigenvalue weighted by Crippen LogP contribution is -2.32. The molecule has 1 saturated carbocycles. The quantitative estimate of drug-likeness (QED) is 0.757. The largest absolute Gasteiger partial charge is 0.393 e. The van der Waals surface area contributed by atoms with Crippen LogP contribution < -0.4 is 5.32 Å². The van der Waals surface area contributed by atoms with Gasteiger partial charge in [-0.3, -0.25) is 9.59 Å². The fraction of sp³-hybridized carbons (Fsp3) is 0.556. The molecule has 0 bridgehead atoms. The molecule has 1 amide bonds. The van der Waals surface area contributed by atoms with Gasteiger partial charge < -0.3 is 15.3 Å². The van der Waals surface area contributed by atoms with Crippen molar-refractivity contribution in [1.29, 1.82) is 0 Å². The topological polar surface area (TPSA) is 69.6 Å². The number of Topliss-reactive ketones (excluding diaryl/α,β-unsaturated/α-hetero) is 1. The van der Waals surface area contributed by atoms with Crippen LogP contribution in [-0.2, 0) is 4.79 Å². The van der Waals surface area contributed by atoms with Crippen molar-refractivity contribution in [2.75, 3.05) is 25.5 Å². The monoisotopic (exact) mass is 318 g/mol. The Balaban J connectivity index is 1.72. The van der Waals surface area contributed by atoms with Gasteiger partial charge in [-0.1, -0.05) is 6.42 Å². The van der Waals surface area contributed by atoms with E-state index in [1.54, 1.807) is 24.3 Å². The minimum atomic E-state index is -0.189. The van der Waals surface area contributed by atoms with Crippen molar-refractivity contribution >= 4 is 17.4 Å². The number of amides is 1. The number of hydrogen-bond acceptors (Lipinski definition) is 4. The zero-order valence-corrected chi connectivity index (χ0v) is 13.9. The number of rotatable bonds is 7. The molecule has 0 aromatic heterocycles. The average molecular weight is 318 g/mol. The van der Waals surface area contributed by atoms with Crippen molar-refractivity contribution < 1.29 is 14.7 Å². The molecule has 2 N–H and O–H groups in total. The number of carbonyl (C=O) groups excluding carboxylic acids is 2. The lowest BCUT2D eigenvalue weighted by Gasteiger charge is -2.22. The van der Waals surface area contributed by atoms with Crippen LogP contribution >= 0.6 is 0 Å². The second kappa shape index (κ2) is 8.22. The van der Waals surface area contributed by atoms with Crippen LogP contribution in [0.25, 0.3) is 0 Å². The summed E-state index contributed by atoms with van der Waals surface area (Å²) in [5.41, 5.74) is 1.34. The molecule has 0 radical (unpaired) electrons. The van der Waals surface area contributed by atoms with Gasteiger partial charge in [0.15, 0.2) is 5.78 Å². The number of aliphatic hydroxyl groups is 1. The first-order valence-electron chi connectivity index (χ1n) is 8.23. The van der Waals surface area contributed by atoms with Gasteiger partial charge in [0.25, 0.3) is 0 Å². The molecule has 0 saturated heterocycles. The zero-order valence-electron chi connectivity index (χ0n) is 13.9. The molecule has 5 nitrogen and oxygen atoms in total. The first kappa shape index (κ1) is 17.6. The first-order chi connectivity index (χ1) is 11.0. The van der Waals surface area contributed by atoms with Crippen molar-refractivity contribution in [3.05, 3.63) is 29.8 Å². The van der Waals surface area contributed by atoms with Gasteiger partial charge in [-0.05, 0) is 57.0 Å². The highest BCUT2D eigenvalue weighted by atomic mass is 16.3. The van der Waals surface area contributed by atoms with Crippen LogP contribution in [0.3, 0.4) is 0 Å². The van der Waals surface area contributed by atoms with Crippen LogP contribution in [0.5, 0.6) is 0 Å². The Hall–Kier alpha value is -1.72. The van der Waals surface area contributed by atoms with Gasteiger partial charge in [-0.15, -0.1) is 0 Å². The van der Waals surface area contributed by atoms with Crippen molar-refractivity contribution in [3.8, 4) is 0 Å². The van der Waals surface area contributed by atoms with Crippen LogP contribution in [0.15, 0.2) is 24.3 Å². The molecule has 23 heavy (non-hydrogen) atoms. The predicted molar refractivity (Wildman–Crippen MR) is 90.5 cm³/mol. The molecule has 126 valence electrons. The number of nitrogens with one attached hydrogen (secondary N) is 1. The van der Waals surface area contributed by atoms with E-state index in [-0.39, 0.29) is 17.8 Å². The van der Waals surface area contributed by atoms with Crippen LogP contribution in [0.4, 0.5) is 5.69 Å². The highest BCUT2D eigenvalue weighted by molar-refractivity contribution is 5.95. The minimum absolute atomic E-state index is 0.0126. The molecule has 1 aromatic rings. The summed E-state index contributed by atoms with van der Waals surface area (Å²) in [4.78, 5) is 25.3. The highest BCUT2D eigenvalue weighted by Gasteiger charge is 2.26. The first-order valence-corrected chi connectivity index (χ1v) is 8.23. The summed E-state index contributed by atoms with van der Waals surface area (Å²) in [6.45, 7) is 3.02. The van der Waals surface area contributed by atoms with Crippen LogP contribution in [0, 0.1) is 5.92 Å². The Kier molecular flexibility index (Phi) is 6.30. The lowest BCUT2D eigenvalue weighted by molar-refractivity contribution is -0.116. The van der Waals surface area contributed by atoms with E-state index in [1.165, 1.54) is 6.92 Å². The van der Waals surface area contributed by atoms with Gasteiger partial charge in [0.1, 0.15) is 0 Å². The van der Waals surface area contributed by atoms with E-state index >= 15 is 0 Å². The van der Waals surface area contributed by atoms with E-state index in [4.69, 9.17) is 0 Å². The van der Waals surface area contributed by atoms with E-state index in [0.717, 1.165) is 25.8 Å². The van der Waals surface area contributed by atoms with Crippen molar-refractivity contribution in [2.24, 2.45) is 5.92 Å². The molecule has 1 fully saturated rings. The molecule has 1 aliphatic rings. The number of benzene rings is 1. The number of anilines is 1. The molecule has 2 rings (SSSR count). The van der Waals surface area contributed by atoms with E-state index in [9.17, 15) is 14.7 Å². The normalized spacial score (nSPS) is 20.7. The smallest absolute Gasteiger partial charge is 0.225 e. The second-order valence-electron chi connectivity index (χ2n) is 6.45. The Morgan fingerprint density at radius 3 is 2.52 bits per heavy atom. The summed E-state index contributed by atoms with van der Waals surface area (Å²) in [5, 5.41) is 12.7. The molecular weight excluding hydrogens is 292 g/mol. The van der Waals surface area contributed by atoms with Crippen molar-refractivity contribution in [2.45, 2.75) is 38.7 Å². The van der Waals surface area contributed by atoms with Gasteiger partial charge in [0.05, 0.1) is 6.10 Å². The van der Waals surface area contributed by atoms with Crippen molar-refractivity contribution in [1.82, 2.24) is 4.90 Å². The van der Waals surface area contributed by atoms with Crippen LogP contribution in [-0.4, -0.2) is 47.9 Å². The zero-order chi connectivity index (χ0) is 16.8. The number of ketones is 1. The van der Waals surface area contributed by atoms with E-state index in [1.807, 2.05) is 7.05 Å². The summed E-state index contributed by atoms with van der Waals surface area (Å²) < 4.78 is 0. The molecule has 1 aromatic carbocycles. The molecule has 5 heteroatoms. The minimum Gasteiger partial charge on any atom is -0.393 e. The van der Waals surface area contributed by atoms with Gasteiger partial charge in [0.2, 0.25) is 5.91 Å². The Morgan fingerprint density at radius 1 is 1.26 bits per heavy atom. The highest BCUT2D eigenvalue weighted by Crippen LogP contribution is 2.25. The molecule has 0 heterocycles. The summed E-state index contributed by atoms with van der Waals surface area (Å²) in [6, 6.07) is 6.91. The maximum Gasteiger partial charge on any atom is 0.225 e. The SMILES string of the molecule is CC(=O)c1ccc(NC(=O)CCN(C)CC2CCCC2O)cc1. The molecule has 1 aliphatic carbocycles. The van der Waals surface area contributed by atoms with Crippen molar-refractivity contribution in [3.63, 3.8) is 0 Å². The Labute approximate surface area is 137 Å². The maximum absolute atomic E-state index is 12.0. The predicted octanol–water partition coefficient (Wildman–Crippen LogP) is 2.31. The molecular formula is C18H26N2O3. The van der Waals surface area contributed by atoms with E-state index in [2.05, 4.69) is 10.2 Å². The third kappa shape index (κ3) is 5.44. The fourth-order valence-electron chi connectivity index (χ4n) is 3.03. The number of carbonyl (C=O) groups is 2. The number of hydrogen-bond donors (Lipinski definition) is 2. The average Bonchev–Trinajstić information content (AvgIpc) is 2.91. The summed E-state index contributed by atoms with van der Waals surface area (Å²) in [7, 11) is 1.99. The lowest BCUT2D eigenvalue weighted by atomic mass is 10.1.